The average Bonchev–Trinajstić information content (AvgIpc) is 2.84. The van der Waals surface area contributed by atoms with Crippen LogP contribution in [0.15, 0.2) is 46.9 Å². The molecule has 0 saturated heterocycles. The second kappa shape index (κ2) is 5.58. The van der Waals surface area contributed by atoms with E-state index in [1.807, 2.05) is 12.1 Å². The third-order valence-corrected chi connectivity index (χ3v) is 4.17. The maximum absolute atomic E-state index is 5.93. The number of aromatic nitrogens is 2. The van der Waals surface area contributed by atoms with Crippen molar-refractivity contribution < 1.29 is 0 Å². The standard InChI is InChI=1S/C16H14BrClN2/c1-2-20-15-7-6-13(17)9-14(15)19-16(20)12-5-3-4-11(8-12)10-18/h3-9H,2,10H2,1H3. The average molecular weight is 350 g/mol. The SMILES string of the molecule is CCn1c(-c2cccc(CCl)c2)nc2cc(Br)ccc21. The molecule has 20 heavy (non-hydrogen) atoms. The fourth-order valence-corrected chi connectivity index (χ4v) is 2.95. The molecule has 0 bridgehead atoms. The maximum Gasteiger partial charge on any atom is 0.141 e. The molecule has 4 heteroatoms. The normalized spacial score (nSPS) is 11.2. The van der Waals surface area contributed by atoms with Crippen molar-refractivity contribution in [2.45, 2.75) is 19.3 Å². The third-order valence-electron chi connectivity index (χ3n) is 3.37. The zero-order valence-corrected chi connectivity index (χ0v) is 13.4. The summed E-state index contributed by atoms with van der Waals surface area (Å²) in [6, 6.07) is 14.5. The van der Waals surface area contributed by atoms with Crippen molar-refractivity contribution in [1.82, 2.24) is 9.55 Å². The summed E-state index contributed by atoms with van der Waals surface area (Å²) in [5.41, 5.74) is 4.38. The lowest BCUT2D eigenvalue weighted by Gasteiger charge is -2.07. The number of aryl methyl sites for hydroxylation is 1. The molecule has 0 aliphatic heterocycles. The minimum Gasteiger partial charge on any atom is -0.324 e. The van der Waals surface area contributed by atoms with E-state index in [9.17, 15) is 0 Å². The largest absolute Gasteiger partial charge is 0.324 e. The minimum absolute atomic E-state index is 0.520. The lowest BCUT2D eigenvalue weighted by molar-refractivity contribution is 0.796. The molecule has 1 aromatic heterocycles. The molecule has 0 aliphatic rings. The highest BCUT2D eigenvalue weighted by molar-refractivity contribution is 9.10. The van der Waals surface area contributed by atoms with Crippen LogP contribution in [0.4, 0.5) is 0 Å². The van der Waals surface area contributed by atoms with Gasteiger partial charge in [0.2, 0.25) is 0 Å². The smallest absolute Gasteiger partial charge is 0.141 e. The summed E-state index contributed by atoms with van der Waals surface area (Å²) >= 11 is 9.43. The summed E-state index contributed by atoms with van der Waals surface area (Å²) in [5, 5.41) is 0. The fraction of sp³-hybridized carbons (Fsp3) is 0.188. The molecule has 3 rings (SSSR count). The molecule has 1 heterocycles. The van der Waals surface area contributed by atoms with Gasteiger partial charge in [0.25, 0.3) is 0 Å². The van der Waals surface area contributed by atoms with E-state index in [4.69, 9.17) is 16.6 Å². The molecule has 0 unspecified atom stereocenters. The molecule has 0 aliphatic carbocycles. The second-order valence-corrected chi connectivity index (χ2v) is 5.83. The van der Waals surface area contributed by atoms with Crippen molar-refractivity contribution in [3.05, 3.63) is 52.5 Å². The second-order valence-electron chi connectivity index (χ2n) is 4.65. The zero-order valence-electron chi connectivity index (χ0n) is 11.1. The number of alkyl halides is 1. The number of halogens is 2. The lowest BCUT2D eigenvalue weighted by atomic mass is 10.1. The van der Waals surface area contributed by atoms with Crippen LogP contribution in [0.3, 0.4) is 0 Å². The molecule has 2 nitrogen and oxygen atoms in total. The first-order chi connectivity index (χ1) is 9.72. The van der Waals surface area contributed by atoms with Crippen LogP contribution in [0, 0.1) is 0 Å². The predicted molar refractivity (Wildman–Crippen MR) is 88.1 cm³/mol. The number of imidazole rings is 1. The van der Waals surface area contributed by atoms with E-state index in [0.29, 0.717) is 5.88 Å². The third kappa shape index (κ3) is 2.36. The van der Waals surface area contributed by atoms with Crippen molar-refractivity contribution in [2.75, 3.05) is 0 Å². The maximum atomic E-state index is 5.93. The van der Waals surface area contributed by atoms with Gasteiger partial charge < -0.3 is 4.57 Å². The Morgan fingerprint density at radius 2 is 2.05 bits per heavy atom. The van der Waals surface area contributed by atoms with Crippen molar-refractivity contribution in [3.8, 4) is 11.4 Å². The highest BCUT2D eigenvalue weighted by Gasteiger charge is 2.11. The topological polar surface area (TPSA) is 17.8 Å². The molecule has 0 amide bonds. The predicted octanol–water partition coefficient (Wildman–Crippen LogP) is 5.22. The Kier molecular flexibility index (Phi) is 3.81. The molecule has 0 fully saturated rings. The summed E-state index contributed by atoms with van der Waals surface area (Å²) in [5.74, 6) is 1.51. The van der Waals surface area contributed by atoms with Crippen LogP contribution in [-0.2, 0) is 12.4 Å². The zero-order chi connectivity index (χ0) is 14.1. The van der Waals surface area contributed by atoms with Crippen LogP contribution < -0.4 is 0 Å². The lowest BCUT2D eigenvalue weighted by Crippen LogP contribution is -1.97. The van der Waals surface area contributed by atoms with Gasteiger partial charge in [-0.3, -0.25) is 0 Å². The van der Waals surface area contributed by atoms with Gasteiger partial charge >= 0.3 is 0 Å². The molecule has 3 aromatic rings. The highest BCUT2D eigenvalue weighted by atomic mass is 79.9. The summed E-state index contributed by atoms with van der Waals surface area (Å²) in [7, 11) is 0. The molecule has 0 N–H and O–H groups in total. The van der Waals surface area contributed by atoms with Crippen LogP contribution in [0.5, 0.6) is 0 Å². The van der Waals surface area contributed by atoms with Crippen LogP contribution >= 0.6 is 27.5 Å². The van der Waals surface area contributed by atoms with Crippen molar-refractivity contribution in [3.63, 3.8) is 0 Å². The fourth-order valence-electron chi connectivity index (χ4n) is 2.44. The van der Waals surface area contributed by atoms with E-state index in [1.165, 1.54) is 0 Å². The number of nitrogens with zero attached hydrogens (tertiary/aromatic N) is 2. The van der Waals surface area contributed by atoms with Crippen LogP contribution in [0.25, 0.3) is 22.4 Å². The van der Waals surface area contributed by atoms with E-state index < -0.39 is 0 Å². The Morgan fingerprint density at radius 3 is 2.80 bits per heavy atom. The first kappa shape index (κ1) is 13.7. The number of fused-ring (bicyclic) bond motifs is 1. The Labute approximate surface area is 131 Å². The van der Waals surface area contributed by atoms with Gasteiger partial charge in [0.1, 0.15) is 5.82 Å². The first-order valence-electron chi connectivity index (χ1n) is 6.54. The Morgan fingerprint density at radius 1 is 1.20 bits per heavy atom. The Bertz CT molecular complexity index is 764. The van der Waals surface area contributed by atoms with Crippen molar-refractivity contribution >= 4 is 38.6 Å². The summed E-state index contributed by atoms with van der Waals surface area (Å²) in [6.45, 7) is 3.02. The number of rotatable bonds is 3. The van der Waals surface area contributed by atoms with Crippen molar-refractivity contribution in [1.29, 1.82) is 0 Å². The van der Waals surface area contributed by atoms with Crippen molar-refractivity contribution in [2.24, 2.45) is 0 Å². The number of hydrogen-bond acceptors (Lipinski definition) is 1. The van der Waals surface area contributed by atoms with Crippen LogP contribution in [0.2, 0.25) is 0 Å². The quantitative estimate of drug-likeness (QED) is 0.592. The monoisotopic (exact) mass is 348 g/mol. The number of hydrogen-bond donors (Lipinski definition) is 0. The number of benzene rings is 2. The summed E-state index contributed by atoms with van der Waals surface area (Å²) < 4.78 is 3.28. The van der Waals surface area contributed by atoms with E-state index in [2.05, 4.69) is 57.8 Å². The summed E-state index contributed by atoms with van der Waals surface area (Å²) in [6.07, 6.45) is 0. The first-order valence-corrected chi connectivity index (χ1v) is 7.86. The molecule has 0 radical (unpaired) electrons. The summed E-state index contributed by atoms with van der Waals surface area (Å²) in [4.78, 5) is 4.78. The van der Waals surface area contributed by atoms with Crippen LogP contribution in [0.1, 0.15) is 12.5 Å². The molecule has 102 valence electrons. The van der Waals surface area contributed by atoms with Gasteiger partial charge in [0, 0.05) is 22.5 Å². The van der Waals surface area contributed by atoms with E-state index >= 15 is 0 Å². The Hall–Kier alpha value is -1.32. The molecular weight excluding hydrogens is 336 g/mol. The minimum atomic E-state index is 0.520. The van der Waals surface area contributed by atoms with Gasteiger partial charge in [-0.05, 0) is 36.8 Å². The van der Waals surface area contributed by atoms with Crippen LogP contribution in [-0.4, -0.2) is 9.55 Å². The molecule has 0 atom stereocenters. The van der Waals surface area contributed by atoms with E-state index in [0.717, 1.165) is 39.0 Å². The van der Waals surface area contributed by atoms with E-state index in [-0.39, 0.29) is 0 Å². The van der Waals surface area contributed by atoms with Gasteiger partial charge in [-0.1, -0.05) is 34.1 Å². The van der Waals surface area contributed by atoms with E-state index in [1.54, 1.807) is 0 Å². The van der Waals surface area contributed by atoms with Gasteiger partial charge in [0.15, 0.2) is 0 Å². The highest BCUT2D eigenvalue weighted by Crippen LogP contribution is 2.27. The van der Waals surface area contributed by atoms with Gasteiger partial charge in [0.05, 0.1) is 11.0 Å². The molecule has 0 saturated carbocycles. The van der Waals surface area contributed by atoms with Gasteiger partial charge in [-0.15, -0.1) is 11.6 Å². The molecule has 0 spiro atoms. The van der Waals surface area contributed by atoms with Gasteiger partial charge in [-0.2, -0.15) is 0 Å². The molecular formula is C16H14BrClN2. The Balaban J connectivity index is 2.24. The molecule has 2 aromatic carbocycles. The van der Waals surface area contributed by atoms with Gasteiger partial charge in [-0.25, -0.2) is 4.98 Å².